The molecule has 1 aromatic rings. The van der Waals surface area contributed by atoms with Crippen molar-refractivity contribution in [2.24, 2.45) is 29.4 Å². The van der Waals surface area contributed by atoms with Crippen molar-refractivity contribution < 1.29 is 39.2 Å². The number of ketones is 2. The molecular formula is C31H38FN3O7. The Bertz CT molecular complexity index is 1440. The van der Waals surface area contributed by atoms with Gasteiger partial charge in [-0.2, -0.15) is 0 Å². The number of rotatable bonds is 8. The van der Waals surface area contributed by atoms with Gasteiger partial charge in [-0.05, 0) is 76.4 Å². The smallest absolute Gasteiger partial charge is 0.255 e. The minimum absolute atomic E-state index is 0.0625. The number of aliphatic hydroxyl groups is 3. The number of Topliss-reactive ketones (excluding diaryl/α,β-unsaturated/α-hetero) is 2. The van der Waals surface area contributed by atoms with Gasteiger partial charge in [0.2, 0.25) is 5.78 Å². The van der Waals surface area contributed by atoms with Gasteiger partial charge >= 0.3 is 0 Å². The molecule has 1 aromatic carbocycles. The molecule has 0 aliphatic heterocycles. The van der Waals surface area contributed by atoms with Gasteiger partial charge in [0.25, 0.3) is 5.91 Å². The minimum atomic E-state index is -2.72. The summed E-state index contributed by atoms with van der Waals surface area (Å²) in [6.07, 6.45) is 5.70. The molecule has 11 heteroatoms. The van der Waals surface area contributed by atoms with Crippen LogP contribution in [0.15, 0.2) is 23.0 Å². The van der Waals surface area contributed by atoms with Crippen molar-refractivity contribution in [1.82, 2.24) is 9.80 Å². The van der Waals surface area contributed by atoms with E-state index in [1.165, 1.54) is 31.5 Å². The van der Waals surface area contributed by atoms with Gasteiger partial charge in [-0.25, -0.2) is 4.39 Å². The van der Waals surface area contributed by atoms with Crippen LogP contribution in [0.3, 0.4) is 0 Å². The first-order valence-electron chi connectivity index (χ1n) is 14.7. The Balaban J connectivity index is 1.41. The number of carbonyl (C=O) groups is 3. The van der Waals surface area contributed by atoms with Gasteiger partial charge in [0.1, 0.15) is 28.7 Å². The second kappa shape index (κ2) is 10.2. The van der Waals surface area contributed by atoms with Crippen molar-refractivity contribution in [2.45, 2.75) is 63.1 Å². The predicted octanol–water partition coefficient (Wildman–Crippen LogP) is 2.12. The molecule has 4 atom stereocenters. The van der Waals surface area contributed by atoms with E-state index in [4.69, 9.17) is 5.73 Å². The first-order chi connectivity index (χ1) is 19.8. The number of likely N-dealkylation sites (N-methyl/N-ethyl adjacent to an activating group) is 1. The number of phenols is 1. The average molecular weight is 584 g/mol. The zero-order valence-electron chi connectivity index (χ0n) is 23.9. The number of hydrogen-bond donors (Lipinski definition) is 5. The monoisotopic (exact) mass is 583 g/mol. The maximum atomic E-state index is 16.2. The number of amides is 1. The Morgan fingerprint density at radius 2 is 1.74 bits per heavy atom. The van der Waals surface area contributed by atoms with E-state index in [1.807, 2.05) is 0 Å². The van der Waals surface area contributed by atoms with Crippen LogP contribution < -0.4 is 5.73 Å². The molecule has 0 radical (unpaired) electrons. The molecule has 0 saturated heterocycles. The first kappa shape index (κ1) is 28.8. The van der Waals surface area contributed by atoms with Crippen molar-refractivity contribution in [1.29, 1.82) is 0 Å². The van der Waals surface area contributed by atoms with E-state index >= 15 is 4.39 Å². The molecule has 0 aromatic heterocycles. The van der Waals surface area contributed by atoms with Crippen LogP contribution in [-0.4, -0.2) is 86.5 Å². The van der Waals surface area contributed by atoms with Gasteiger partial charge < -0.3 is 26.2 Å². The molecule has 5 aliphatic carbocycles. The minimum Gasteiger partial charge on any atom is -0.508 e. The number of halogens is 1. The summed E-state index contributed by atoms with van der Waals surface area (Å²) in [4.78, 5) is 43.0. The number of nitrogens with zero attached hydrogens (tertiary/aromatic N) is 2. The van der Waals surface area contributed by atoms with Crippen LogP contribution in [0.4, 0.5) is 4.39 Å². The van der Waals surface area contributed by atoms with Gasteiger partial charge in [0.05, 0.1) is 11.6 Å². The summed E-state index contributed by atoms with van der Waals surface area (Å²) in [5.41, 5.74) is 1.64. The summed E-state index contributed by atoms with van der Waals surface area (Å²) >= 11 is 0. The highest BCUT2D eigenvalue weighted by Gasteiger charge is 2.64. The van der Waals surface area contributed by atoms with Crippen molar-refractivity contribution in [3.63, 3.8) is 0 Å². The molecular weight excluding hydrogens is 545 g/mol. The lowest BCUT2D eigenvalue weighted by molar-refractivity contribution is -0.153. The second-order valence-electron chi connectivity index (χ2n) is 13.1. The summed E-state index contributed by atoms with van der Waals surface area (Å²) in [6, 6.07) is 0.107. The lowest BCUT2D eigenvalue weighted by atomic mass is 9.57. The molecule has 42 heavy (non-hydrogen) atoms. The standard InChI is InChI=1S/C31H38FN3O7/c1-34(2)25-19-9-16-8-18-22(26(37)21(16)28(39)31(19,42)29(40)23(27(25)38)30(33)41)20(36)10-17(24(18)32)13-35(12-15-6-7-15)11-14-4-3-5-14/h10,14-16,19,25,36-37,40,42H,3-9,11-13H2,1-2H3,(H2,33,41)/t16-,19-,25-,31-/m0/s1. The number of fused-ring (bicyclic) bond motifs is 3. The molecule has 1 amide bonds. The third kappa shape index (κ3) is 4.36. The molecule has 3 fully saturated rings. The summed E-state index contributed by atoms with van der Waals surface area (Å²) < 4.78 is 16.2. The summed E-state index contributed by atoms with van der Waals surface area (Å²) in [7, 11) is 3.07. The van der Waals surface area contributed by atoms with Crippen LogP contribution in [0.2, 0.25) is 0 Å². The van der Waals surface area contributed by atoms with E-state index in [1.54, 1.807) is 0 Å². The fourth-order valence-corrected chi connectivity index (χ4v) is 7.61. The van der Waals surface area contributed by atoms with Gasteiger partial charge in [-0.3, -0.25) is 24.2 Å². The lowest BCUT2D eigenvalue weighted by Crippen LogP contribution is -2.65. The highest BCUT2D eigenvalue weighted by atomic mass is 19.1. The number of carbonyl (C=O) groups excluding carboxylic acids is 3. The maximum absolute atomic E-state index is 16.2. The van der Waals surface area contributed by atoms with E-state index in [-0.39, 0.29) is 35.3 Å². The topological polar surface area (TPSA) is 165 Å². The highest BCUT2D eigenvalue weighted by Crippen LogP contribution is 2.53. The number of phenolic OH excluding ortho intramolecular Hbond substituents is 1. The zero-order chi connectivity index (χ0) is 30.2. The molecule has 226 valence electrons. The number of nitrogens with two attached hydrogens (primary N) is 1. The van der Waals surface area contributed by atoms with Crippen LogP contribution in [0, 0.1) is 29.5 Å². The van der Waals surface area contributed by atoms with Crippen LogP contribution in [0.5, 0.6) is 5.75 Å². The summed E-state index contributed by atoms with van der Waals surface area (Å²) in [5, 5.41) is 45.0. The van der Waals surface area contributed by atoms with Gasteiger partial charge in [0, 0.05) is 42.3 Å². The molecule has 3 saturated carbocycles. The predicted molar refractivity (Wildman–Crippen MR) is 150 cm³/mol. The SMILES string of the molecule is CN(C)[C@@H]1C(=O)C(C(N)=O)=C(O)[C@@]2(O)C(=O)C3=C(O)c4c(O)cc(CN(CC5CCC5)CC5CC5)c(F)c4C[C@H]3C[C@@H]12. The number of benzene rings is 1. The van der Waals surface area contributed by atoms with E-state index < -0.39 is 63.9 Å². The Labute approximate surface area is 243 Å². The van der Waals surface area contributed by atoms with Crippen LogP contribution in [0.1, 0.15) is 55.2 Å². The average Bonchev–Trinajstić information content (AvgIpc) is 3.70. The Morgan fingerprint density at radius 3 is 2.29 bits per heavy atom. The zero-order valence-corrected chi connectivity index (χ0v) is 23.9. The Kier molecular flexibility index (Phi) is 6.98. The number of primary amides is 1. The molecule has 0 unspecified atom stereocenters. The number of hydrogen-bond acceptors (Lipinski definition) is 9. The van der Waals surface area contributed by atoms with Crippen LogP contribution in [0.25, 0.3) is 5.76 Å². The number of aromatic hydroxyl groups is 1. The lowest BCUT2D eigenvalue weighted by Gasteiger charge is -2.50. The van der Waals surface area contributed by atoms with Crippen molar-refractivity contribution >= 4 is 23.2 Å². The normalized spacial score (nSPS) is 29.5. The molecule has 0 bridgehead atoms. The summed E-state index contributed by atoms with van der Waals surface area (Å²) in [5.74, 6) is -6.82. The summed E-state index contributed by atoms with van der Waals surface area (Å²) in [6.45, 7) is 2.05. The third-order valence-corrected chi connectivity index (χ3v) is 10.1. The molecule has 0 heterocycles. The van der Waals surface area contributed by atoms with Crippen molar-refractivity contribution in [3.05, 3.63) is 45.5 Å². The maximum Gasteiger partial charge on any atom is 0.255 e. The molecule has 6 N–H and O–H groups in total. The molecule has 0 spiro atoms. The van der Waals surface area contributed by atoms with E-state index in [2.05, 4.69) is 4.90 Å². The van der Waals surface area contributed by atoms with E-state index in [0.717, 1.165) is 38.8 Å². The second-order valence-corrected chi connectivity index (χ2v) is 13.1. The fraction of sp³-hybridized carbons (Fsp3) is 0.581. The quantitative estimate of drug-likeness (QED) is 0.288. The third-order valence-electron chi connectivity index (χ3n) is 10.1. The van der Waals surface area contributed by atoms with E-state index in [9.17, 15) is 34.8 Å². The first-order valence-corrected chi connectivity index (χ1v) is 14.7. The van der Waals surface area contributed by atoms with Crippen LogP contribution in [-0.2, 0) is 27.3 Å². The van der Waals surface area contributed by atoms with Crippen molar-refractivity contribution in [3.8, 4) is 5.75 Å². The van der Waals surface area contributed by atoms with Crippen LogP contribution >= 0.6 is 0 Å². The largest absolute Gasteiger partial charge is 0.508 e. The Hall–Kier alpha value is -3.28. The van der Waals surface area contributed by atoms with Gasteiger partial charge in [-0.15, -0.1) is 0 Å². The Morgan fingerprint density at radius 1 is 1.10 bits per heavy atom. The number of aliphatic hydroxyl groups excluding tert-OH is 2. The van der Waals surface area contributed by atoms with Crippen molar-refractivity contribution in [2.75, 3.05) is 27.2 Å². The highest BCUT2D eigenvalue weighted by molar-refractivity contribution is 6.24. The molecule has 5 aliphatic rings. The molecule has 6 rings (SSSR count). The van der Waals surface area contributed by atoms with Gasteiger partial charge in [0.15, 0.2) is 11.4 Å². The van der Waals surface area contributed by atoms with E-state index in [0.29, 0.717) is 23.9 Å². The molecule has 10 nitrogen and oxygen atoms in total. The fourth-order valence-electron chi connectivity index (χ4n) is 7.61. The van der Waals surface area contributed by atoms with Gasteiger partial charge in [-0.1, -0.05) is 6.42 Å².